The van der Waals surface area contributed by atoms with Gasteiger partial charge < -0.3 is 10.1 Å². The van der Waals surface area contributed by atoms with E-state index in [0.717, 1.165) is 18.8 Å². The smallest absolute Gasteiger partial charge is 0.0892 e. The number of nitrogens with zero attached hydrogens (tertiary/aromatic N) is 1. The molecule has 1 rings (SSSR count). The molecule has 3 nitrogen and oxygen atoms in total. The Morgan fingerprint density at radius 1 is 1.44 bits per heavy atom. The predicted octanol–water partition coefficient (Wildman–Crippen LogP) is 2.28. The van der Waals surface area contributed by atoms with Crippen molar-refractivity contribution in [1.82, 2.24) is 10.3 Å². The van der Waals surface area contributed by atoms with Gasteiger partial charge in [0.25, 0.3) is 0 Å². The van der Waals surface area contributed by atoms with Crippen LogP contribution in [-0.4, -0.2) is 18.1 Å². The largest absolute Gasteiger partial charge is 0.371 e. The predicted molar refractivity (Wildman–Crippen MR) is 66.1 cm³/mol. The average molecular weight is 220 g/mol. The molecule has 0 saturated carbocycles. The lowest BCUT2D eigenvalue weighted by atomic mass is 10.2. The summed E-state index contributed by atoms with van der Waals surface area (Å²) in [5.41, 5.74) is 2.18. The molecule has 0 unspecified atom stereocenters. The fourth-order valence-electron chi connectivity index (χ4n) is 1.24. The zero-order valence-corrected chi connectivity index (χ0v) is 10.1. The number of rotatable bonds is 7. The summed E-state index contributed by atoms with van der Waals surface area (Å²) in [5.74, 6) is 0. The Kier molecular flexibility index (Phi) is 6.45. The summed E-state index contributed by atoms with van der Waals surface area (Å²) in [7, 11) is 0. The van der Waals surface area contributed by atoms with Gasteiger partial charge in [-0.2, -0.15) is 0 Å². The summed E-state index contributed by atoms with van der Waals surface area (Å²) in [6, 6.07) is 4.10. The molecule has 3 heteroatoms. The zero-order chi connectivity index (χ0) is 11.6. The minimum absolute atomic E-state index is 0.575. The molecule has 16 heavy (non-hydrogen) atoms. The number of ether oxygens (including phenoxy) is 1. The van der Waals surface area contributed by atoms with Gasteiger partial charge in [-0.15, -0.1) is 0 Å². The van der Waals surface area contributed by atoms with E-state index in [2.05, 4.69) is 23.3 Å². The minimum atomic E-state index is 0.575. The molecule has 88 valence electrons. The van der Waals surface area contributed by atoms with Crippen LogP contribution in [0.25, 0.3) is 0 Å². The van der Waals surface area contributed by atoms with Crippen molar-refractivity contribution in [1.29, 1.82) is 0 Å². The van der Waals surface area contributed by atoms with Crippen molar-refractivity contribution in [2.75, 3.05) is 13.2 Å². The molecule has 0 saturated heterocycles. The van der Waals surface area contributed by atoms with Gasteiger partial charge in [-0.25, -0.2) is 0 Å². The van der Waals surface area contributed by atoms with E-state index in [1.807, 2.05) is 31.3 Å². The lowest BCUT2D eigenvalue weighted by Crippen LogP contribution is -2.12. The summed E-state index contributed by atoms with van der Waals surface area (Å²) >= 11 is 0. The quantitative estimate of drug-likeness (QED) is 0.565. The number of hydrogen-bond donors (Lipinski definition) is 1. The maximum Gasteiger partial charge on any atom is 0.0892 e. The molecule has 1 heterocycles. The first-order valence-electron chi connectivity index (χ1n) is 5.70. The van der Waals surface area contributed by atoms with E-state index in [4.69, 9.17) is 4.74 Å². The van der Waals surface area contributed by atoms with E-state index in [9.17, 15) is 0 Å². The third-order valence-electron chi connectivity index (χ3n) is 2.16. The third-order valence-corrected chi connectivity index (χ3v) is 2.16. The van der Waals surface area contributed by atoms with Crippen LogP contribution in [0.5, 0.6) is 0 Å². The number of hydrogen-bond acceptors (Lipinski definition) is 3. The van der Waals surface area contributed by atoms with Crippen LogP contribution in [-0.2, 0) is 17.9 Å². The Balaban J connectivity index is 2.33. The highest BCUT2D eigenvalue weighted by Gasteiger charge is 1.95. The van der Waals surface area contributed by atoms with Gasteiger partial charge in [0, 0.05) is 12.7 Å². The maximum absolute atomic E-state index is 5.42. The van der Waals surface area contributed by atoms with E-state index in [0.29, 0.717) is 13.2 Å². The van der Waals surface area contributed by atoms with E-state index >= 15 is 0 Å². The van der Waals surface area contributed by atoms with Gasteiger partial charge in [0.1, 0.15) is 0 Å². The molecule has 0 bridgehead atoms. The molecule has 0 aliphatic carbocycles. The van der Waals surface area contributed by atoms with Gasteiger partial charge in [-0.3, -0.25) is 4.98 Å². The Morgan fingerprint density at radius 2 is 2.31 bits per heavy atom. The van der Waals surface area contributed by atoms with E-state index in [1.54, 1.807) is 0 Å². The van der Waals surface area contributed by atoms with Crippen molar-refractivity contribution in [3.05, 3.63) is 41.7 Å². The second-order valence-corrected chi connectivity index (χ2v) is 3.52. The van der Waals surface area contributed by atoms with E-state index in [-0.39, 0.29) is 0 Å². The van der Waals surface area contributed by atoms with Gasteiger partial charge >= 0.3 is 0 Å². The normalized spacial score (nSPS) is 11.1. The van der Waals surface area contributed by atoms with Gasteiger partial charge in [0.2, 0.25) is 0 Å². The van der Waals surface area contributed by atoms with Crippen LogP contribution >= 0.6 is 0 Å². The first-order valence-corrected chi connectivity index (χ1v) is 5.70. The van der Waals surface area contributed by atoms with Crippen LogP contribution in [0.4, 0.5) is 0 Å². The van der Waals surface area contributed by atoms with Crippen LogP contribution in [0.15, 0.2) is 30.5 Å². The van der Waals surface area contributed by atoms with Crippen LogP contribution in [0.1, 0.15) is 25.1 Å². The summed E-state index contributed by atoms with van der Waals surface area (Å²) < 4.78 is 5.42. The molecule has 1 aromatic heterocycles. The summed E-state index contributed by atoms with van der Waals surface area (Å²) in [6.45, 7) is 7.16. The fourth-order valence-corrected chi connectivity index (χ4v) is 1.24. The minimum Gasteiger partial charge on any atom is -0.371 e. The lowest BCUT2D eigenvalue weighted by Gasteiger charge is -2.04. The van der Waals surface area contributed by atoms with Crippen LogP contribution in [0.3, 0.4) is 0 Å². The van der Waals surface area contributed by atoms with Crippen molar-refractivity contribution in [2.24, 2.45) is 0 Å². The molecule has 0 aromatic carbocycles. The molecule has 1 N–H and O–H groups in total. The second-order valence-electron chi connectivity index (χ2n) is 3.52. The van der Waals surface area contributed by atoms with Gasteiger partial charge in [-0.1, -0.05) is 25.1 Å². The molecule has 1 aromatic rings. The number of allylic oxidation sites excluding steroid dienone is 1. The van der Waals surface area contributed by atoms with Crippen molar-refractivity contribution in [3.8, 4) is 0 Å². The molecule has 0 fully saturated rings. The van der Waals surface area contributed by atoms with Crippen molar-refractivity contribution in [3.63, 3.8) is 0 Å². The van der Waals surface area contributed by atoms with Crippen LogP contribution in [0.2, 0.25) is 0 Å². The number of pyridine rings is 1. The highest BCUT2D eigenvalue weighted by Crippen LogP contribution is 2.01. The monoisotopic (exact) mass is 220 g/mol. The molecule has 0 spiro atoms. The maximum atomic E-state index is 5.42. The van der Waals surface area contributed by atoms with Crippen LogP contribution < -0.4 is 5.32 Å². The number of nitrogens with one attached hydrogen (secondary N) is 1. The molecular weight excluding hydrogens is 200 g/mol. The van der Waals surface area contributed by atoms with Crippen molar-refractivity contribution >= 4 is 0 Å². The third kappa shape index (κ3) is 5.05. The second kappa shape index (κ2) is 8.02. The van der Waals surface area contributed by atoms with Gasteiger partial charge in [-0.05, 0) is 25.1 Å². The van der Waals surface area contributed by atoms with Crippen molar-refractivity contribution in [2.45, 2.75) is 27.0 Å². The number of aromatic nitrogens is 1. The van der Waals surface area contributed by atoms with Crippen LogP contribution in [0, 0.1) is 0 Å². The first kappa shape index (κ1) is 12.9. The standard InChI is InChI=1S/C13H20N2O/c1-3-5-8-16-11-13-7-6-12(10-15-13)9-14-4-2/h3,5-7,10,14H,4,8-9,11H2,1-2H3. The Hall–Kier alpha value is -1.19. The molecule has 0 atom stereocenters. The molecule has 0 amide bonds. The Morgan fingerprint density at radius 3 is 2.94 bits per heavy atom. The summed E-state index contributed by atoms with van der Waals surface area (Å²) in [4.78, 5) is 4.34. The molecule has 0 aliphatic heterocycles. The zero-order valence-electron chi connectivity index (χ0n) is 10.1. The first-order chi connectivity index (χ1) is 7.86. The van der Waals surface area contributed by atoms with Gasteiger partial charge in [0.15, 0.2) is 0 Å². The van der Waals surface area contributed by atoms with E-state index < -0.39 is 0 Å². The Bertz CT molecular complexity index is 306. The van der Waals surface area contributed by atoms with E-state index in [1.165, 1.54) is 5.56 Å². The van der Waals surface area contributed by atoms with Crippen molar-refractivity contribution < 1.29 is 4.74 Å². The average Bonchev–Trinajstić information content (AvgIpc) is 2.33. The topological polar surface area (TPSA) is 34.1 Å². The summed E-state index contributed by atoms with van der Waals surface area (Å²) in [5, 5.41) is 3.26. The summed E-state index contributed by atoms with van der Waals surface area (Å²) in [6.07, 6.45) is 5.86. The SMILES string of the molecule is CC=CCOCc1ccc(CNCC)cn1. The van der Waals surface area contributed by atoms with Gasteiger partial charge in [0.05, 0.1) is 18.9 Å². The fraction of sp³-hybridized carbons (Fsp3) is 0.462. The highest BCUT2D eigenvalue weighted by molar-refractivity contribution is 5.13. The lowest BCUT2D eigenvalue weighted by molar-refractivity contribution is 0.145. The molecular formula is C13H20N2O. The molecule has 0 aliphatic rings. The Labute approximate surface area is 97.5 Å². The molecule has 0 radical (unpaired) electrons. The highest BCUT2D eigenvalue weighted by atomic mass is 16.5.